The molecular formula is C75H129N17O35S. The second-order valence-corrected chi connectivity index (χ2v) is 27.4. The van der Waals surface area contributed by atoms with Crippen molar-refractivity contribution in [3.8, 4) is 0 Å². The maximum absolute atomic E-state index is 11.9. The highest BCUT2D eigenvalue weighted by Crippen LogP contribution is 2.17. The number of amides is 9. The van der Waals surface area contributed by atoms with E-state index in [0.717, 1.165) is 31.4 Å². The highest BCUT2D eigenvalue weighted by Gasteiger charge is 2.28. The van der Waals surface area contributed by atoms with Crippen molar-refractivity contribution in [2.75, 3.05) is 144 Å². The van der Waals surface area contributed by atoms with E-state index in [4.69, 9.17) is 75.3 Å². The summed E-state index contributed by atoms with van der Waals surface area (Å²) < 4.78 is 42.5. The Hall–Kier alpha value is -12.1. The van der Waals surface area contributed by atoms with Crippen molar-refractivity contribution in [3.05, 3.63) is 35.9 Å². The molecule has 53 heteroatoms. The molecular weight excluding hydrogens is 1730 g/mol. The van der Waals surface area contributed by atoms with E-state index in [-0.39, 0.29) is 246 Å². The van der Waals surface area contributed by atoms with Crippen LogP contribution in [0, 0.1) is 0 Å². The van der Waals surface area contributed by atoms with Crippen molar-refractivity contribution in [3.63, 3.8) is 0 Å². The Labute approximate surface area is 738 Å². The molecule has 2 rings (SSSR count). The first-order chi connectivity index (χ1) is 60.0. The summed E-state index contributed by atoms with van der Waals surface area (Å²) in [7, 11) is -2.15. The third-order valence-corrected chi connectivity index (χ3v) is 15.3. The predicted molar refractivity (Wildman–Crippen MR) is 450 cm³/mol. The van der Waals surface area contributed by atoms with Gasteiger partial charge in [0.25, 0.3) is 10.1 Å². The molecule has 0 radical (unpaired) electrons. The van der Waals surface area contributed by atoms with Gasteiger partial charge >= 0.3 is 41.8 Å². The van der Waals surface area contributed by atoms with Crippen LogP contribution in [0.1, 0.15) is 136 Å². The number of carbonyl (C=O) groups is 23. The number of likely N-dealkylation sites (N-methyl/N-ethyl adjacent to an activating group) is 1. The highest BCUT2D eigenvalue weighted by molar-refractivity contribution is 7.85. The average Bonchev–Trinajstić information content (AvgIpc) is 1.74. The summed E-state index contributed by atoms with van der Waals surface area (Å²) in [6.45, 7) is 4.25. The predicted octanol–water partition coefficient (Wildman–Crippen LogP) is -9.93. The number of aliphatic carboxylic acids is 4. The van der Waals surface area contributed by atoms with Gasteiger partial charge in [-0.25, -0.2) is 0 Å². The maximum Gasteiger partial charge on any atom is 0.325 e. The zero-order valence-electron chi connectivity index (χ0n) is 72.4. The number of hydrogen-bond donors (Lipinski definition) is 23. The first-order valence-corrected chi connectivity index (χ1v) is 40.9. The molecule has 9 amide bonds. The van der Waals surface area contributed by atoms with Gasteiger partial charge in [-0.15, -0.1) is 0 Å². The molecule has 1 aromatic carbocycles. The van der Waals surface area contributed by atoms with E-state index >= 15 is 0 Å². The summed E-state index contributed by atoms with van der Waals surface area (Å²) in [6.07, 6.45) is 3.81. The second-order valence-electron chi connectivity index (χ2n) is 25.8. The van der Waals surface area contributed by atoms with Gasteiger partial charge in [0.15, 0.2) is 0 Å². The number of aliphatic hydroxyl groups is 2. The topological polar surface area (TPSA) is 890 Å². The molecule has 1 heterocycles. The minimum atomic E-state index is -4.06. The molecule has 3 atom stereocenters. The third-order valence-electron chi connectivity index (χ3n) is 14.6. The third kappa shape index (κ3) is 96.2. The lowest BCUT2D eigenvalue weighted by Crippen LogP contribution is -2.35. The van der Waals surface area contributed by atoms with Crippen LogP contribution in [-0.2, 0) is 141 Å². The molecule has 52 nitrogen and oxygen atoms in total. The number of Topliss-reactive ketones (excluding diaryl/α,β-unsaturated/α-hetero) is 7. The molecule has 0 spiro atoms. The van der Waals surface area contributed by atoms with Gasteiger partial charge in [0.05, 0.1) is 83.0 Å². The Kier molecular flexibility index (Phi) is 85.1. The lowest BCUT2D eigenvalue weighted by atomic mass is 10.0. The molecule has 1 fully saturated rings. The lowest BCUT2D eigenvalue weighted by molar-refractivity contribution is -0.145. The van der Waals surface area contributed by atoms with Crippen molar-refractivity contribution < 1.29 is 168 Å². The van der Waals surface area contributed by atoms with Gasteiger partial charge in [-0.2, -0.15) is 8.42 Å². The quantitative estimate of drug-likeness (QED) is 0.0164. The number of hydrogen-bond acceptors (Lipinski definition) is 38. The molecule has 0 bridgehead atoms. The Morgan fingerprint density at radius 3 is 1.08 bits per heavy atom. The van der Waals surface area contributed by atoms with E-state index in [1.54, 1.807) is 6.92 Å². The second kappa shape index (κ2) is 84.4. The van der Waals surface area contributed by atoms with E-state index < -0.39 is 119 Å². The summed E-state index contributed by atoms with van der Waals surface area (Å²) in [5.41, 5.74) is 37.1. The number of likely N-dealkylation sites (tertiary alicyclic amines) is 1. The molecule has 1 saturated heterocycles. The Morgan fingerprint density at radius 1 is 0.438 bits per heavy atom. The van der Waals surface area contributed by atoms with Crippen molar-refractivity contribution in [1.82, 2.24) is 52.8 Å². The van der Waals surface area contributed by atoms with Crippen LogP contribution >= 0.6 is 0 Å². The number of aliphatic hydroxyl groups excluding tert-OH is 2. The number of benzene rings is 1. The molecule has 1 aliphatic rings. The molecule has 730 valence electrons. The van der Waals surface area contributed by atoms with Crippen molar-refractivity contribution in [2.24, 2.45) is 40.1 Å². The number of rotatable bonds is 54. The van der Waals surface area contributed by atoms with E-state index in [2.05, 4.69) is 62.1 Å². The van der Waals surface area contributed by atoms with Crippen LogP contribution < -0.4 is 88.0 Å². The standard InChI is InChI=1S/C16H22N2O5.C11H18N2O4.C9H16N2O5.C8H14N2O4.C7H14N2O5S.C7H12N2O4.C6H12N2O3.C6H11NO3.C5H10N2O2/c17-13(10-12-4-2-1-3-5-12)14(20)6-7-15(21)18-11-16(22)23-9-8-19;1-13-6-2-3-8(13)9(14)4-5-10(15)12-7-11(16)17;10-5-7(13)1-2-8(14)11-6-9(15)16-4-3-12;1-5(9)6(11)2-3-7(12)10-4-8(13)14;8-5-6(10)1-2-7(11)9-3-4-15(12,13)14;8-3-5(10)1-2-6(11)9-4-7(12)13;1-2-11-6(10)4-8-5(9)3-7;1-2-3-5(8)7-4-6(9)10;1-4(8)3-7-5(9)2-6/h1-5,13,19H,6-11,17H2,(H,18,21);8H,2-7H2,1H3,(H,12,15)(H,16,17);12H,1-6,10H2,(H,11,14);5H,2-4,9H2,1H3,(H,10,12)(H,13,14);1-5,8H2,(H,9,11)(H,12,13,14);1-4,8H2,(H,9,11)(H,12,13);2-4,7H2,1H3,(H,8,9);2-4H2,1H3,(H,7,8)(H,9,10);2-3,6H2,1H3,(H,7,9). The largest absolute Gasteiger partial charge is 0.480 e. The van der Waals surface area contributed by atoms with Crippen molar-refractivity contribution in [2.45, 2.75) is 155 Å². The molecule has 0 aromatic heterocycles. The fourth-order valence-corrected chi connectivity index (χ4v) is 8.39. The van der Waals surface area contributed by atoms with Gasteiger partial charge in [0, 0.05) is 90.0 Å². The summed E-state index contributed by atoms with van der Waals surface area (Å²) in [6, 6.07) is 8.10. The number of carboxylic acids is 4. The summed E-state index contributed by atoms with van der Waals surface area (Å²) in [5, 5.41) is 69.9. The van der Waals surface area contributed by atoms with Crippen LogP contribution in [0.2, 0.25) is 0 Å². The van der Waals surface area contributed by atoms with Crippen LogP contribution in [0.15, 0.2) is 30.3 Å². The number of nitrogens with one attached hydrogen (secondary N) is 9. The number of carboxylic acid groups (broad SMARTS) is 4. The van der Waals surface area contributed by atoms with E-state index in [9.17, 15) is 119 Å². The maximum atomic E-state index is 11.9. The monoisotopic (exact) mass is 1860 g/mol. The Balaban J connectivity index is -0.000000261. The van der Waals surface area contributed by atoms with Gasteiger partial charge < -0.3 is 133 Å². The minimum Gasteiger partial charge on any atom is -0.480 e. The van der Waals surface area contributed by atoms with Crippen LogP contribution in [0.3, 0.4) is 0 Å². The average molecular weight is 1860 g/mol. The van der Waals surface area contributed by atoms with Gasteiger partial charge in [-0.1, -0.05) is 37.3 Å². The Bertz CT molecular complexity index is 3710. The van der Waals surface area contributed by atoms with E-state index in [1.165, 1.54) is 13.8 Å². The molecule has 128 heavy (non-hydrogen) atoms. The SMILES string of the molecule is CC(=O)CNC(=O)CN.CC(N)C(=O)CCC(=O)NCC(=O)O.CCCC(=O)NCC(=O)O.CCOC(=O)CNC(=O)CN.CN1CCCC1C(=O)CCC(=O)NCC(=O)O.NC(Cc1ccccc1)C(=O)CCC(=O)NCC(=O)OCCO.NCC(=O)CCC(=O)NCC(=O)O.NCC(=O)CCC(=O)NCC(=O)OCCO.NCC(=O)CCC(=O)NCCS(=O)(=O)O. The number of nitrogens with two attached hydrogens (primary N) is 7. The molecule has 0 saturated carbocycles. The molecule has 0 aliphatic carbocycles. The van der Waals surface area contributed by atoms with E-state index in [0.29, 0.717) is 19.4 Å². The van der Waals surface area contributed by atoms with Gasteiger partial charge in [0.1, 0.15) is 99.5 Å². The van der Waals surface area contributed by atoms with Gasteiger partial charge in [0.2, 0.25) is 53.2 Å². The first kappa shape index (κ1) is 129. The first-order valence-electron chi connectivity index (χ1n) is 39.3. The normalized spacial score (nSPS) is 11.6. The van der Waals surface area contributed by atoms with Crippen LogP contribution in [0.25, 0.3) is 0 Å². The van der Waals surface area contributed by atoms with Crippen molar-refractivity contribution >= 4 is 146 Å². The summed E-state index contributed by atoms with van der Waals surface area (Å²) in [5.74, 6) is -11.1. The lowest BCUT2D eigenvalue weighted by Gasteiger charge is -2.17. The zero-order valence-corrected chi connectivity index (χ0v) is 73.3. The molecule has 1 aromatic rings. The van der Waals surface area contributed by atoms with Crippen LogP contribution in [-0.4, -0.2) is 346 Å². The molecule has 30 N–H and O–H groups in total. The number of esters is 3. The highest BCUT2D eigenvalue weighted by atomic mass is 32.2. The van der Waals surface area contributed by atoms with Gasteiger partial charge in [-0.05, 0) is 65.6 Å². The van der Waals surface area contributed by atoms with Gasteiger partial charge in [-0.3, -0.25) is 120 Å². The molecule has 1 aliphatic heterocycles. The Morgan fingerprint density at radius 2 is 0.766 bits per heavy atom. The van der Waals surface area contributed by atoms with E-state index in [1.807, 2.05) is 49.2 Å². The minimum absolute atomic E-state index is 0.00329. The summed E-state index contributed by atoms with van der Waals surface area (Å²) in [4.78, 5) is 250. The molecule has 3 unspecified atom stereocenters. The van der Waals surface area contributed by atoms with Crippen LogP contribution in [0.5, 0.6) is 0 Å². The smallest absolute Gasteiger partial charge is 0.325 e. The zero-order chi connectivity index (χ0) is 99.6. The number of nitrogens with zero attached hydrogens (tertiary/aromatic N) is 1. The fraction of sp³-hybridized carbons (Fsp3) is 0.613. The fourth-order valence-electron chi connectivity index (χ4n) is 8.03. The van der Waals surface area contributed by atoms with Crippen LogP contribution in [0.4, 0.5) is 0 Å². The van der Waals surface area contributed by atoms with Crippen molar-refractivity contribution in [1.29, 1.82) is 0 Å². The number of ketones is 7. The summed E-state index contributed by atoms with van der Waals surface area (Å²) >= 11 is 0. The number of ether oxygens (including phenoxy) is 3. The number of carbonyl (C=O) groups excluding carboxylic acids is 19.